The van der Waals surface area contributed by atoms with Gasteiger partial charge in [0.15, 0.2) is 0 Å². The van der Waals surface area contributed by atoms with Crippen LogP contribution in [0.4, 0.5) is 0 Å². The van der Waals surface area contributed by atoms with Gasteiger partial charge in [0.25, 0.3) is 0 Å². The Bertz CT molecular complexity index is 334. The largest absolute Gasteiger partial charge is 0.493 e. The molecule has 0 aliphatic rings. The van der Waals surface area contributed by atoms with E-state index < -0.39 is 0 Å². The van der Waals surface area contributed by atoms with E-state index in [0.29, 0.717) is 0 Å². The molecular formula is C14H21IO. The minimum Gasteiger partial charge on any atom is -0.493 e. The number of halogens is 1. The number of rotatable bonds is 6. The first-order valence-electron chi connectivity index (χ1n) is 6.04. The summed E-state index contributed by atoms with van der Waals surface area (Å²) >= 11 is 2.37. The summed E-state index contributed by atoms with van der Waals surface area (Å²) in [5, 5.41) is 0. The van der Waals surface area contributed by atoms with Crippen LogP contribution >= 0.6 is 22.6 Å². The normalized spacial score (nSPS) is 10.5. The molecule has 0 aromatic heterocycles. The molecule has 2 heteroatoms. The van der Waals surface area contributed by atoms with Crippen molar-refractivity contribution in [1.82, 2.24) is 0 Å². The van der Waals surface area contributed by atoms with E-state index in [-0.39, 0.29) is 0 Å². The van der Waals surface area contributed by atoms with Crippen molar-refractivity contribution in [1.29, 1.82) is 0 Å². The number of unbranched alkanes of at least 4 members (excludes halogenated alkanes) is 3. The Kier molecular flexibility index (Phi) is 6.17. The molecule has 1 aromatic carbocycles. The maximum absolute atomic E-state index is 5.82. The van der Waals surface area contributed by atoms with E-state index in [4.69, 9.17) is 4.74 Å². The predicted molar refractivity (Wildman–Crippen MR) is 78.3 cm³/mol. The molecule has 0 fully saturated rings. The Morgan fingerprint density at radius 3 is 2.50 bits per heavy atom. The van der Waals surface area contributed by atoms with Crippen LogP contribution in [0.1, 0.15) is 43.7 Å². The van der Waals surface area contributed by atoms with Gasteiger partial charge >= 0.3 is 0 Å². The van der Waals surface area contributed by atoms with Crippen molar-refractivity contribution in [2.45, 2.75) is 46.5 Å². The number of benzene rings is 1. The first-order valence-corrected chi connectivity index (χ1v) is 7.12. The highest BCUT2D eigenvalue weighted by molar-refractivity contribution is 14.1. The Balaban J connectivity index is 2.45. The van der Waals surface area contributed by atoms with Gasteiger partial charge in [-0.25, -0.2) is 0 Å². The van der Waals surface area contributed by atoms with E-state index in [9.17, 15) is 0 Å². The minimum absolute atomic E-state index is 0.848. The van der Waals surface area contributed by atoms with Crippen LogP contribution in [0.25, 0.3) is 0 Å². The number of aryl methyl sites for hydroxylation is 2. The quantitative estimate of drug-likeness (QED) is 0.534. The van der Waals surface area contributed by atoms with E-state index in [1.54, 1.807) is 0 Å². The highest BCUT2D eigenvalue weighted by Gasteiger charge is 2.03. The third-order valence-electron chi connectivity index (χ3n) is 2.71. The summed E-state index contributed by atoms with van der Waals surface area (Å²) in [4.78, 5) is 0. The lowest BCUT2D eigenvalue weighted by molar-refractivity contribution is 0.303. The van der Waals surface area contributed by atoms with Gasteiger partial charge in [0.1, 0.15) is 5.75 Å². The van der Waals surface area contributed by atoms with Gasteiger partial charge in [0, 0.05) is 3.57 Å². The third-order valence-corrected chi connectivity index (χ3v) is 3.87. The zero-order chi connectivity index (χ0) is 12.0. The Morgan fingerprint density at radius 2 is 1.81 bits per heavy atom. The molecule has 0 unspecified atom stereocenters. The lowest BCUT2D eigenvalue weighted by atomic mass is 10.1. The molecule has 0 aliphatic carbocycles. The molecule has 16 heavy (non-hydrogen) atoms. The highest BCUT2D eigenvalue weighted by atomic mass is 127. The highest BCUT2D eigenvalue weighted by Crippen LogP contribution is 2.24. The molecule has 0 saturated heterocycles. The molecule has 0 saturated carbocycles. The van der Waals surface area contributed by atoms with E-state index in [2.05, 4.69) is 55.5 Å². The van der Waals surface area contributed by atoms with Crippen LogP contribution in [0.15, 0.2) is 12.1 Å². The van der Waals surface area contributed by atoms with Gasteiger partial charge in [0.2, 0.25) is 0 Å². The number of ether oxygens (including phenoxy) is 1. The van der Waals surface area contributed by atoms with Crippen molar-refractivity contribution in [2.24, 2.45) is 0 Å². The maximum Gasteiger partial charge on any atom is 0.122 e. The van der Waals surface area contributed by atoms with Crippen LogP contribution in [0, 0.1) is 17.4 Å². The smallest absolute Gasteiger partial charge is 0.122 e. The molecule has 0 heterocycles. The van der Waals surface area contributed by atoms with Crippen molar-refractivity contribution < 1.29 is 4.74 Å². The van der Waals surface area contributed by atoms with Gasteiger partial charge in [-0.15, -0.1) is 0 Å². The average molecular weight is 332 g/mol. The topological polar surface area (TPSA) is 9.23 Å². The van der Waals surface area contributed by atoms with Crippen LogP contribution in [0.3, 0.4) is 0 Å². The van der Waals surface area contributed by atoms with Crippen molar-refractivity contribution in [3.63, 3.8) is 0 Å². The summed E-state index contributed by atoms with van der Waals surface area (Å²) in [5.74, 6) is 1.05. The van der Waals surface area contributed by atoms with Gasteiger partial charge in [-0.2, -0.15) is 0 Å². The Hall–Kier alpha value is -0.250. The summed E-state index contributed by atoms with van der Waals surface area (Å²) in [6.45, 7) is 7.32. The fourth-order valence-electron chi connectivity index (χ4n) is 1.62. The molecule has 0 spiro atoms. The zero-order valence-electron chi connectivity index (χ0n) is 10.5. The van der Waals surface area contributed by atoms with Crippen molar-refractivity contribution in [3.05, 3.63) is 26.8 Å². The Morgan fingerprint density at radius 1 is 1.06 bits per heavy atom. The van der Waals surface area contributed by atoms with E-state index in [1.165, 1.54) is 34.0 Å². The van der Waals surface area contributed by atoms with Crippen molar-refractivity contribution in [3.8, 4) is 5.75 Å². The molecule has 0 aliphatic heterocycles. The van der Waals surface area contributed by atoms with E-state index in [1.807, 2.05) is 0 Å². The summed E-state index contributed by atoms with van der Waals surface area (Å²) in [7, 11) is 0. The van der Waals surface area contributed by atoms with Crippen LogP contribution in [-0.4, -0.2) is 6.61 Å². The van der Waals surface area contributed by atoms with Gasteiger partial charge < -0.3 is 4.74 Å². The minimum atomic E-state index is 0.848. The number of hydrogen-bond donors (Lipinski definition) is 0. The van der Waals surface area contributed by atoms with Crippen LogP contribution in [0.2, 0.25) is 0 Å². The lowest BCUT2D eigenvalue weighted by Gasteiger charge is -2.11. The molecule has 0 atom stereocenters. The van der Waals surface area contributed by atoms with E-state index in [0.717, 1.165) is 18.8 Å². The molecule has 1 nitrogen and oxygen atoms in total. The molecule has 0 N–H and O–H groups in total. The molecule has 1 rings (SSSR count). The van der Waals surface area contributed by atoms with Crippen LogP contribution < -0.4 is 4.74 Å². The SMILES string of the molecule is CCCCCCOc1cc(C)c(I)cc1C. The zero-order valence-corrected chi connectivity index (χ0v) is 12.6. The second-order valence-electron chi connectivity index (χ2n) is 4.28. The second kappa shape index (κ2) is 7.15. The van der Waals surface area contributed by atoms with Gasteiger partial charge in [0.05, 0.1) is 6.61 Å². The monoisotopic (exact) mass is 332 g/mol. The Labute approximate surface area is 113 Å². The van der Waals surface area contributed by atoms with Crippen LogP contribution in [-0.2, 0) is 0 Å². The summed E-state index contributed by atoms with van der Waals surface area (Å²) < 4.78 is 7.13. The van der Waals surface area contributed by atoms with Crippen molar-refractivity contribution >= 4 is 22.6 Å². The molecule has 0 amide bonds. The first-order chi connectivity index (χ1) is 7.65. The fraction of sp³-hybridized carbons (Fsp3) is 0.571. The lowest BCUT2D eigenvalue weighted by Crippen LogP contribution is -1.99. The second-order valence-corrected chi connectivity index (χ2v) is 5.44. The summed E-state index contributed by atoms with van der Waals surface area (Å²) in [6.07, 6.45) is 5.03. The molecule has 0 bridgehead atoms. The standard InChI is InChI=1S/C14H21IO/c1-4-5-6-7-8-16-14-10-11(2)13(15)9-12(14)3/h9-10H,4-8H2,1-3H3. The van der Waals surface area contributed by atoms with Crippen LogP contribution in [0.5, 0.6) is 5.75 Å². The molecule has 90 valence electrons. The first kappa shape index (κ1) is 13.8. The molecular weight excluding hydrogens is 311 g/mol. The van der Waals surface area contributed by atoms with Gasteiger partial charge in [-0.3, -0.25) is 0 Å². The van der Waals surface area contributed by atoms with Crippen molar-refractivity contribution in [2.75, 3.05) is 6.61 Å². The summed E-state index contributed by atoms with van der Waals surface area (Å²) in [5.41, 5.74) is 2.54. The predicted octanol–water partition coefficient (Wildman–Crippen LogP) is 4.87. The average Bonchev–Trinajstić information content (AvgIpc) is 2.25. The van der Waals surface area contributed by atoms with Gasteiger partial charge in [-0.1, -0.05) is 26.2 Å². The number of hydrogen-bond acceptors (Lipinski definition) is 1. The molecule has 1 aromatic rings. The van der Waals surface area contributed by atoms with E-state index >= 15 is 0 Å². The third kappa shape index (κ3) is 4.32. The fourth-order valence-corrected chi connectivity index (χ4v) is 2.24. The van der Waals surface area contributed by atoms with Gasteiger partial charge in [-0.05, 0) is 66.1 Å². The summed E-state index contributed by atoms with van der Waals surface area (Å²) in [6, 6.07) is 4.34. The maximum atomic E-state index is 5.82. The molecule has 0 radical (unpaired) electrons.